The second-order valence-electron chi connectivity index (χ2n) is 7.54. The Morgan fingerprint density at radius 3 is 2.61 bits per heavy atom. The maximum Gasteiger partial charge on any atom is 0.262 e. The van der Waals surface area contributed by atoms with Crippen LogP contribution in [0.3, 0.4) is 0 Å². The van der Waals surface area contributed by atoms with Crippen LogP contribution in [0.4, 0.5) is 10.1 Å². The predicted molar refractivity (Wildman–Crippen MR) is 111 cm³/mol. The van der Waals surface area contributed by atoms with Crippen LogP contribution >= 0.6 is 22.9 Å². The van der Waals surface area contributed by atoms with E-state index < -0.39 is 11.4 Å². The third-order valence-corrected chi connectivity index (χ3v) is 6.07. The fraction of sp³-hybridized carbons (Fsp3) is 0.400. The van der Waals surface area contributed by atoms with Crippen molar-refractivity contribution in [1.82, 2.24) is 10.2 Å². The van der Waals surface area contributed by atoms with Crippen LogP contribution in [-0.2, 0) is 17.6 Å². The Hall–Kier alpha value is -1.96. The molecule has 2 N–H and O–H groups in total. The molecule has 1 aliphatic heterocycles. The van der Waals surface area contributed by atoms with E-state index in [-0.39, 0.29) is 11.7 Å². The molecule has 8 heteroatoms. The maximum atomic E-state index is 14.6. The molecule has 0 aliphatic carbocycles. The smallest absolute Gasteiger partial charge is 0.262 e. The molecular weight excluding hydrogens is 401 g/mol. The summed E-state index contributed by atoms with van der Waals surface area (Å²) in [6, 6.07) is 6.41. The van der Waals surface area contributed by atoms with Gasteiger partial charge in [0.15, 0.2) is 0 Å². The van der Waals surface area contributed by atoms with E-state index in [1.54, 1.807) is 26.0 Å². The molecule has 0 bridgehead atoms. The summed E-state index contributed by atoms with van der Waals surface area (Å²) >= 11 is 7.00. The molecule has 5 nitrogen and oxygen atoms in total. The summed E-state index contributed by atoms with van der Waals surface area (Å²) in [5, 5.41) is 5.44. The van der Waals surface area contributed by atoms with Crippen molar-refractivity contribution < 1.29 is 14.0 Å². The first-order chi connectivity index (χ1) is 13.2. The van der Waals surface area contributed by atoms with E-state index in [1.165, 1.54) is 6.07 Å². The molecule has 0 radical (unpaired) electrons. The Morgan fingerprint density at radius 1 is 1.21 bits per heavy atom. The number of amides is 2. The number of rotatable bonds is 4. The Bertz CT molecular complexity index is 913. The summed E-state index contributed by atoms with van der Waals surface area (Å²) in [6.45, 7) is 4.85. The fourth-order valence-corrected chi connectivity index (χ4v) is 4.06. The number of thiophene rings is 1. The minimum atomic E-state index is -1.18. The average Bonchev–Trinajstić information content (AvgIpc) is 2.96. The molecule has 1 aliphatic rings. The third kappa shape index (κ3) is 4.71. The number of hydrogen-bond acceptors (Lipinski definition) is 4. The summed E-state index contributed by atoms with van der Waals surface area (Å²) in [5.74, 6) is -1.11. The van der Waals surface area contributed by atoms with Gasteiger partial charge in [-0.2, -0.15) is 0 Å². The number of nitrogens with zero attached hydrogens (tertiary/aromatic N) is 1. The molecule has 0 saturated heterocycles. The number of anilines is 1. The molecule has 0 spiro atoms. The Morgan fingerprint density at radius 2 is 1.93 bits per heavy atom. The van der Waals surface area contributed by atoms with E-state index in [2.05, 4.69) is 15.5 Å². The lowest BCUT2D eigenvalue weighted by molar-refractivity contribution is -0.120. The Balaban J connectivity index is 1.73. The molecular formula is C20H23ClFN3O2S. The van der Waals surface area contributed by atoms with Gasteiger partial charge in [-0.25, -0.2) is 4.39 Å². The fourth-order valence-electron chi connectivity index (χ4n) is 3.12. The summed E-state index contributed by atoms with van der Waals surface area (Å²) in [6.07, 6.45) is 1.38. The topological polar surface area (TPSA) is 61.4 Å². The van der Waals surface area contributed by atoms with E-state index >= 15 is 0 Å². The van der Waals surface area contributed by atoms with Crippen LogP contribution in [-0.4, -0.2) is 42.4 Å². The number of halogens is 2. The van der Waals surface area contributed by atoms with Crippen LogP contribution < -0.4 is 10.6 Å². The van der Waals surface area contributed by atoms with E-state index in [1.807, 2.05) is 13.1 Å². The van der Waals surface area contributed by atoms with Crippen LogP contribution in [0.5, 0.6) is 0 Å². The largest absolute Gasteiger partial charge is 0.337 e. The zero-order chi connectivity index (χ0) is 20.5. The highest BCUT2D eigenvalue weighted by molar-refractivity contribution is 7.18. The maximum absolute atomic E-state index is 14.6. The zero-order valence-corrected chi connectivity index (χ0v) is 17.6. The molecule has 0 fully saturated rings. The first kappa shape index (κ1) is 20.8. The molecule has 150 valence electrons. The molecule has 2 amide bonds. The lowest BCUT2D eigenvalue weighted by Crippen LogP contribution is -2.52. The monoisotopic (exact) mass is 423 g/mol. The van der Waals surface area contributed by atoms with E-state index in [9.17, 15) is 14.0 Å². The summed E-state index contributed by atoms with van der Waals surface area (Å²) < 4.78 is 15.1. The van der Waals surface area contributed by atoms with Gasteiger partial charge in [0.2, 0.25) is 5.91 Å². The molecule has 2 heterocycles. The number of carbonyl (C=O) groups excluding carboxylic acids is 2. The molecule has 3 rings (SSSR count). The van der Waals surface area contributed by atoms with Crippen LogP contribution in [0.15, 0.2) is 24.3 Å². The summed E-state index contributed by atoms with van der Waals surface area (Å²) in [4.78, 5) is 27.6. The minimum absolute atomic E-state index is 0.307. The van der Waals surface area contributed by atoms with Crippen molar-refractivity contribution in [3.63, 3.8) is 0 Å². The first-order valence-electron chi connectivity index (χ1n) is 9.05. The lowest BCUT2D eigenvalue weighted by atomic mass is 10.00. The molecule has 0 unspecified atom stereocenters. The second-order valence-corrected chi connectivity index (χ2v) is 9.25. The van der Waals surface area contributed by atoms with Gasteiger partial charge >= 0.3 is 0 Å². The zero-order valence-electron chi connectivity index (χ0n) is 16.1. The number of fused-ring (bicyclic) bond motifs is 1. The summed E-state index contributed by atoms with van der Waals surface area (Å²) in [7, 11) is 2.01. The van der Waals surface area contributed by atoms with Crippen molar-refractivity contribution in [2.24, 2.45) is 0 Å². The van der Waals surface area contributed by atoms with E-state index in [4.69, 9.17) is 11.6 Å². The molecule has 1 aromatic carbocycles. The van der Waals surface area contributed by atoms with Gasteiger partial charge in [0.1, 0.15) is 11.4 Å². The van der Waals surface area contributed by atoms with Gasteiger partial charge in [0.25, 0.3) is 5.91 Å². The number of benzene rings is 1. The van der Waals surface area contributed by atoms with Crippen molar-refractivity contribution in [3.05, 3.63) is 50.4 Å². The first-order valence-corrected chi connectivity index (χ1v) is 10.2. The third-order valence-electron chi connectivity index (χ3n) is 4.84. The lowest BCUT2D eigenvalue weighted by Gasteiger charge is -2.25. The predicted octanol–water partition coefficient (Wildman–Crippen LogP) is 3.72. The van der Waals surface area contributed by atoms with Crippen LogP contribution in [0.2, 0.25) is 4.34 Å². The highest BCUT2D eigenvalue weighted by Crippen LogP contribution is 2.25. The Labute approximate surface area is 172 Å². The van der Waals surface area contributed by atoms with Crippen LogP contribution in [0.1, 0.15) is 34.6 Å². The second kappa shape index (κ2) is 8.19. The molecule has 1 aromatic heterocycles. The quantitative estimate of drug-likeness (QED) is 0.787. The van der Waals surface area contributed by atoms with Crippen LogP contribution in [0.25, 0.3) is 0 Å². The average molecular weight is 424 g/mol. The molecule has 0 saturated carbocycles. The van der Waals surface area contributed by atoms with Crippen molar-refractivity contribution in [1.29, 1.82) is 0 Å². The van der Waals surface area contributed by atoms with E-state index in [0.717, 1.165) is 36.4 Å². The van der Waals surface area contributed by atoms with Gasteiger partial charge in [0, 0.05) is 18.8 Å². The van der Waals surface area contributed by atoms with Gasteiger partial charge in [-0.1, -0.05) is 11.6 Å². The molecule has 2 aromatic rings. The normalized spacial score (nSPS) is 14.9. The number of nitrogens with one attached hydrogen (secondary N) is 2. The SMILES string of the molecule is CN1CCc2cc(NC(=O)C(C)(C)NC(=O)c3ccc(Cl)s3)cc(F)c2CC1. The molecule has 0 atom stereocenters. The number of carbonyl (C=O) groups is 2. The summed E-state index contributed by atoms with van der Waals surface area (Å²) in [5.41, 5.74) is 0.836. The van der Waals surface area contributed by atoms with Gasteiger partial charge < -0.3 is 15.5 Å². The van der Waals surface area contributed by atoms with E-state index in [0.29, 0.717) is 26.9 Å². The van der Waals surface area contributed by atoms with Gasteiger partial charge in [-0.3, -0.25) is 9.59 Å². The molecule has 28 heavy (non-hydrogen) atoms. The van der Waals surface area contributed by atoms with Crippen LogP contribution in [0, 0.1) is 5.82 Å². The van der Waals surface area contributed by atoms with Crippen molar-refractivity contribution in [2.45, 2.75) is 32.2 Å². The highest BCUT2D eigenvalue weighted by Gasteiger charge is 2.31. The van der Waals surface area contributed by atoms with Gasteiger partial charge in [-0.15, -0.1) is 11.3 Å². The highest BCUT2D eigenvalue weighted by atomic mass is 35.5. The Kier molecular flexibility index (Phi) is 6.07. The van der Waals surface area contributed by atoms with Gasteiger partial charge in [-0.05, 0) is 69.1 Å². The number of hydrogen-bond donors (Lipinski definition) is 2. The number of likely N-dealkylation sites (N-methyl/N-ethyl adjacent to an activating group) is 1. The van der Waals surface area contributed by atoms with Crippen molar-refractivity contribution in [3.8, 4) is 0 Å². The van der Waals surface area contributed by atoms with Gasteiger partial charge in [0.05, 0.1) is 9.21 Å². The van der Waals surface area contributed by atoms with Crippen molar-refractivity contribution in [2.75, 3.05) is 25.5 Å². The standard InChI is InChI=1S/C20H23ClFN3O2S/c1-20(2,24-18(26)16-4-5-17(21)28-16)19(27)23-13-10-12-6-8-25(3)9-7-14(12)15(22)11-13/h4-5,10-11H,6-9H2,1-3H3,(H,23,27)(H,24,26). The van der Waals surface area contributed by atoms with Crippen molar-refractivity contribution >= 4 is 40.4 Å². The minimum Gasteiger partial charge on any atom is -0.337 e.